The maximum absolute atomic E-state index is 12.1. The summed E-state index contributed by atoms with van der Waals surface area (Å²) < 4.78 is 30.8. The van der Waals surface area contributed by atoms with Crippen molar-refractivity contribution in [3.8, 4) is 0 Å². The summed E-state index contributed by atoms with van der Waals surface area (Å²) >= 11 is -1.14. The Morgan fingerprint density at radius 1 is 1.33 bits per heavy atom. The van der Waals surface area contributed by atoms with Gasteiger partial charge in [-0.25, -0.2) is 0 Å². The van der Waals surface area contributed by atoms with Crippen molar-refractivity contribution in [2.24, 2.45) is 0 Å². The topological polar surface area (TPSA) is 63.6 Å². The molecule has 0 aromatic heterocycles. The van der Waals surface area contributed by atoms with Crippen LogP contribution in [0.4, 0.5) is 0 Å². The first-order valence-electron chi connectivity index (χ1n) is 6.29. The van der Waals surface area contributed by atoms with E-state index >= 15 is 0 Å². The van der Waals surface area contributed by atoms with E-state index in [0.29, 0.717) is 0 Å². The summed E-state index contributed by atoms with van der Waals surface area (Å²) in [5, 5.41) is 10.2. The molecule has 0 spiro atoms. The van der Waals surface area contributed by atoms with Crippen molar-refractivity contribution in [2.45, 2.75) is 18.3 Å². The van der Waals surface area contributed by atoms with Crippen LogP contribution in [0.5, 0.6) is 0 Å². The fraction of sp³-hybridized carbons (Fsp3) is 0.200. The van der Waals surface area contributed by atoms with Gasteiger partial charge in [0.25, 0.3) is 0 Å². The maximum atomic E-state index is 12.1. The summed E-state index contributed by atoms with van der Waals surface area (Å²) in [6.07, 6.45) is 6.38. The van der Waals surface area contributed by atoms with Crippen molar-refractivity contribution in [3.63, 3.8) is 0 Å². The summed E-state index contributed by atoms with van der Waals surface area (Å²) in [6.45, 7) is 1.85. The Bertz CT molecular complexity index is 677. The molecule has 6 heteroatoms. The van der Waals surface area contributed by atoms with Crippen LogP contribution in [-0.4, -0.2) is 18.5 Å². The van der Waals surface area contributed by atoms with E-state index in [4.69, 9.17) is 2.51 Å². The summed E-state index contributed by atoms with van der Waals surface area (Å²) in [4.78, 5) is -1.95. The van der Waals surface area contributed by atoms with Crippen molar-refractivity contribution in [1.29, 1.82) is 0 Å². The minimum atomic E-state index is -4.04. The average molecular weight is 419 g/mol. The van der Waals surface area contributed by atoms with E-state index in [9.17, 15) is 13.5 Å². The predicted octanol–water partition coefficient (Wildman–Crippen LogP) is -0.397. The third kappa shape index (κ3) is 4.26. The molecule has 0 radical (unpaired) electrons. The molecule has 1 aliphatic carbocycles. The van der Waals surface area contributed by atoms with Gasteiger partial charge in [0.2, 0.25) is 0 Å². The molecule has 1 unspecified atom stereocenters. The Hall–Kier alpha value is -0.960. The fourth-order valence-electron chi connectivity index (χ4n) is 1.68. The Kier molecular flexibility index (Phi) is 5.37. The van der Waals surface area contributed by atoms with Gasteiger partial charge in [-0.15, -0.1) is 0 Å². The molecule has 1 N–H and O–H groups in total. The van der Waals surface area contributed by atoms with Crippen molar-refractivity contribution in [2.75, 3.05) is 0 Å². The fourth-order valence-corrected chi connectivity index (χ4v) is 5.12. The van der Waals surface area contributed by atoms with Crippen molar-refractivity contribution in [1.82, 2.24) is 0 Å². The molecule has 1 aliphatic rings. The first kappa shape index (κ1) is 16.4. The number of aliphatic hydroxyl groups is 1. The zero-order valence-electron chi connectivity index (χ0n) is 11.4. The molecule has 1 aromatic carbocycles. The van der Waals surface area contributed by atoms with E-state index < -0.39 is 36.7 Å². The monoisotopic (exact) mass is 419 g/mol. The molecule has 114 valence electrons. The second-order valence-corrected chi connectivity index (χ2v) is 8.69. The SMILES string of the molecule is CC1=CCC(O)(S(=O)(=O)O[I-]C=Cc2ccccc2)C=C1. The molecule has 0 fully saturated rings. The summed E-state index contributed by atoms with van der Waals surface area (Å²) in [5.74, 6) is 0. The van der Waals surface area contributed by atoms with Gasteiger partial charge in [0, 0.05) is 0 Å². The quantitative estimate of drug-likeness (QED) is 0.661. The number of halogens is 1. The second kappa shape index (κ2) is 6.87. The average Bonchev–Trinajstić information content (AvgIpc) is 2.48. The van der Waals surface area contributed by atoms with Crippen LogP contribution in [0.3, 0.4) is 0 Å². The van der Waals surface area contributed by atoms with Crippen LogP contribution in [0, 0.1) is 0 Å². The van der Waals surface area contributed by atoms with Crippen molar-refractivity contribution < 1.29 is 37.7 Å². The molecular weight excluding hydrogens is 403 g/mol. The van der Waals surface area contributed by atoms with Crippen LogP contribution in [0.25, 0.3) is 6.08 Å². The molecule has 0 saturated carbocycles. The van der Waals surface area contributed by atoms with Crippen molar-refractivity contribution >= 4 is 16.2 Å². The first-order chi connectivity index (χ1) is 9.93. The number of rotatable bonds is 5. The zero-order valence-corrected chi connectivity index (χ0v) is 14.4. The molecule has 1 atom stereocenters. The Morgan fingerprint density at radius 3 is 2.67 bits per heavy atom. The summed E-state index contributed by atoms with van der Waals surface area (Å²) in [5.41, 5.74) is 1.90. The van der Waals surface area contributed by atoms with Gasteiger partial charge >= 0.3 is 136 Å². The van der Waals surface area contributed by atoms with Crippen molar-refractivity contribution in [3.05, 3.63) is 63.8 Å². The van der Waals surface area contributed by atoms with Gasteiger partial charge in [-0.1, -0.05) is 0 Å². The number of benzene rings is 1. The normalized spacial score (nSPS) is 22.7. The minimum absolute atomic E-state index is 0.0177. The van der Waals surface area contributed by atoms with Crippen LogP contribution in [0.15, 0.2) is 58.2 Å². The van der Waals surface area contributed by atoms with Gasteiger partial charge < -0.3 is 0 Å². The zero-order chi connectivity index (χ0) is 15.3. The molecule has 0 saturated heterocycles. The van der Waals surface area contributed by atoms with E-state index in [2.05, 4.69) is 0 Å². The van der Waals surface area contributed by atoms with Gasteiger partial charge in [-0.05, 0) is 0 Å². The van der Waals surface area contributed by atoms with Crippen LogP contribution < -0.4 is 21.6 Å². The molecular formula is C15H16IO4S-. The molecule has 1 aromatic rings. The molecule has 0 aliphatic heterocycles. The number of hydrogen-bond donors (Lipinski definition) is 1. The van der Waals surface area contributed by atoms with Crippen LogP contribution in [-0.2, 0) is 12.6 Å². The molecule has 0 bridgehead atoms. The Morgan fingerprint density at radius 2 is 2.05 bits per heavy atom. The van der Waals surface area contributed by atoms with E-state index in [1.54, 1.807) is 16.2 Å². The van der Waals surface area contributed by atoms with E-state index in [1.807, 2.05) is 43.3 Å². The molecule has 21 heavy (non-hydrogen) atoms. The van der Waals surface area contributed by atoms with Crippen LogP contribution in [0.1, 0.15) is 18.9 Å². The first-order valence-corrected chi connectivity index (χ1v) is 9.83. The van der Waals surface area contributed by atoms with Gasteiger partial charge in [-0.3, -0.25) is 0 Å². The summed E-state index contributed by atoms with van der Waals surface area (Å²) in [7, 11) is -4.04. The third-order valence-corrected chi connectivity index (χ3v) is 7.09. The standard InChI is InChI=1S/C15H16IO4S/c1-13-7-10-15(17,11-8-13)21(18,19)20-16-12-9-14-5-3-2-4-6-14/h2-10,12,17H,11H2,1H3/q-1. The van der Waals surface area contributed by atoms with Gasteiger partial charge in [0.05, 0.1) is 0 Å². The van der Waals surface area contributed by atoms with E-state index in [0.717, 1.165) is 11.1 Å². The van der Waals surface area contributed by atoms with Crippen LogP contribution >= 0.6 is 0 Å². The Balaban J connectivity index is 1.96. The molecule has 0 heterocycles. The number of allylic oxidation sites excluding steroid dienone is 2. The van der Waals surface area contributed by atoms with Gasteiger partial charge in [-0.2, -0.15) is 0 Å². The van der Waals surface area contributed by atoms with E-state index in [1.165, 1.54) is 6.08 Å². The summed E-state index contributed by atoms with van der Waals surface area (Å²) in [6, 6.07) is 9.55. The third-order valence-electron chi connectivity index (χ3n) is 2.98. The van der Waals surface area contributed by atoms with Crippen LogP contribution in [0.2, 0.25) is 0 Å². The number of hydrogen-bond acceptors (Lipinski definition) is 4. The molecule has 4 nitrogen and oxygen atoms in total. The van der Waals surface area contributed by atoms with E-state index in [-0.39, 0.29) is 6.42 Å². The second-order valence-electron chi connectivity index (χ2n) is 4.64. The Labute approximate surface area is 135 Å². The van der Waals surface area contributed by atoms with Gasteiger partial charge in [0.1, 0.15) is 0 Å². The molecule has 2 rings (SSSR count). The molecule has 0 amide bonds. The van der Waals surface area contributed by atoms with Gasteiger partial charge in [0.15, 0.2) is 0 Å². The predicted molar refractivity (Wildman–Crippen MR) is 77.9 cm³/mol.